The topological polar surface area (TPSA) is 86.8 Å². The summed E-state index contributed by atoms with van der Waals surface area (Å²) in [5.74, 6) is -1.53. The highest BCUT2D eigenvalue weighted by atomic mass is 35.5. The summed E-state index contributed by atoms with van der Waals surface area (Å²) in [6.07, 6.45) is 1.13. The molecule has 2 amide bonds. The third-order valence-electron chi connectivity index (χ3n) is 5.60. The molecule has 0 saturated heterocycles. The minimum absolute atomic E-state index is 0.0576. The molecule has 0 aliphatic carbocycles. The molecule has 3 aromatic carbocycles. The van der Waals surface area contributed by atoms with Crippen molar-refractivity contribution in [2.75, 3.05) is 24.2 Å². The first-order valence-electron chi connectivity index (χ1n) is 11.2. The van der Waals surface area contributed by atoms with Gasteiger partial charge in [-0.2, -0.15) is 0 Å². The molecular formula is C26H26Cl2FN3O4S. The molecule has 0 heterocycles. The minimum atomic E-state index is -3.95. The molecule has 3 aromatic rings. The lowest BCUT2D eigenvalue weighted by Gasteiger charge is -2.33. The minimum Gasteiger partial charge on any atom is -0.357 e. The van der Waals surface area contributed by atoms with Gasteiger partial charge < -0.3 is 10.2 Å². The van der Waals surface area contributed by atoms with Crippen LogP contribution in [-0.2, 0) is 32.6 Å². The van der Waals surface area contributed by atoms with Crippen LogP contribution in [0.3, 0.4) is 0 Å². The van der Waals surface area contributed by atoms with E-state index >= 15 is 0 Å². The summed E-state index contributed by atoms with van der Waals surface area (Å²) in [7, 11) is -2.49. The Kier molecular flexibility index (Phi) is 9.53. The highest BCUT2D eigenvalue weighted by Gasteiger charge is 2.32. The fourth-order valence-corrected chi connectivity index (χ4v) is 5.15. The first kappa shape index (κ1) is 28.4. The zero-order valence-corrected chi connectivity index (χ0v) is 22.5. The molecule has 0 aromatic heterocycles. The van der Waals surface area contributed by atoms with Crippen molar-refractivity contribution in [1.29, 1.82) is 0 Å². The number of sulfonamides is 1. The van der Waals surface area contributed by atoms with Gasteiger partial charge in [-0.05, 0) is 41.5 Å². The van der Waals surface area contributed by atoms with E-state index in [1.165, 1.54) is 54.4 Å². The van der Waals surface area contributed by atoms with Crippen LogP contribution < -0.4 is 9.62 Å². The van der Waals surface area contributed by atoms with Gasteiger partial charge in [0.05, 0.1) is 11.9 Å². The first-order chi connectivity index (χ1) is 17.5. The van der Waals surface area contributed by atoms with Crippen LogP contribution >= 0.6 is 23.2 Å². The molecule has 1 N–H and O–H groups in total. The van der Waals surface area contributed by atoms with Gasteiger partial charge in [0.15, 0.2) is 0 Å². The van der Waals surface area contributed by atoms with E-state index in [-0.39, 0.29) is 28.7 Å². The number of benzene rings is 3. The number of amides is 2. The third kappa shape index (κ3) is 7.92. The third-order valence-corrected chi connectivity index (χ3v) is 7.18. The molecule has 0 aliphatic heterocycles. The molecule has 0 aliphatic rings. The lowest BCUT2D eigenvalue weighted by Crippen LogP contribution is -2.52. The predicted octanol–water partition coefficient (Wildman–Crippen LogP) is 4.28. The highest BCUT2D eigenvalue weighted by Crippen LogP contribution is 2.27. The molecule has 196 valence electrons. The van der Waals surface area contributed by atoms with E-state index in [0.29, 0.717) is 5.56 Å². The molecule has 7 nitrogen and oxygen atoms in total. The molecular weight excluding hydrogens is 540 g/mol. The summed E-state index contributed by atoms with van der Waals surface area (Å²) in [4.78, 5) is 28.1. The zero-order valence-electron chi connectivity index (χ0n) is 20.2. The molecule has 0 saturated carbocycles. The van der Waals surface area contributed by atoms with Gasteiger partial charge in [-0.25, -0.2) is 12.8 Å². The summed E-state index contributed by atoms with van der Waals surface area (Å²) in [5, 5.41) is 2.97. The average Bonchev–Trinajstić information content (AvgIpc) is 2.84. The van der Waals surface area contributed by atoms with Gasteiger partial charge >= 0.3 is 0 Å². The lowest BCUT2D eigenvalue weighted by molar-refractivity contribution is -0.139. The van der Waals surface area contributed by atoms with E-state index in [9.17, 15) is 22.4 Å². The quantitative estimate of drug-likeness (QED) is 0.397. The molecule has 1 atom stereocenters. The molecule has 0 spiro atoms. The van der Waals surface area contributed by atoms with Crippen LogP contribution in [-0.4, -0.2) is 51.0 Å². The Morgan fingerprint density at radius 2 is 1.54 bits per heavy atom. The Bertz CT molecular complexity index is 1340. The molecule has 0 radical (unpaired) electrons. The maximum absolute atomic E-state index is 13.8. The average molecular weight is 566 g/mol. The maximum Gasteiger partial charge on any atom is 0.244 e. The number of likely N-dealkylation sites (N-methyl/N-ethyl adjacent to an activating group) is 1. The summed E-state index contributed by atoms with van der Waals surface area (Å²) >= 11 is 12.2. The first-order valence-corrected chi connectivity index (χ1v) is 13.8. The van der Waals surface area contributed by atoms with E-state index < -0.39 is 40.2 Å². The number of nitrogens with zero attached hydrogens (tertiary/aromatic N) is 2. The van der Waals surface area contributed by atoms with E-state index in [4.69, 9.17) is 23.2 Å². The number of carbonyl (C=O) groups is 2. The summed E-state index contributed by atoms with van der Waals surface area (Å²) < 4.78 is 39.8. The van der Waals surface area contributed by atoms with Crippen molar-refractivity contribution in [1.82, 2.24) is 10.2 Å². The molecule has 3 rings (SSSR count). The fourth-order valence-electron chi connectivity index (χ4n) is 3.80. The fraction of sp³-hybridized carbons (Fsp3) is 0.231. The maximum atomic E-state index is 13.8. The Morgan fingerprint density at radius 3 is 2.08 bits per heavy atom. The van der Waals surface area contributed by atoms with Crippen molar-refractivity contribution in [2.45, 2.75) is 19.0 Å². The van der Waals surface area contributed by atoms with Gasteiger partial charge in [0, 0.05) is 30.1 Å². The van der Waals surface area contributed by atoms with E-state index in [1.54, 1.807) is 0 Å². The van der Waals surface area contributed by atoms with E-state index in [2.05, 4.69) is 5.32 Å². The summed E-state index contributed by atoms with van der Waals surface area (Å²) in [6.45, 7) is -0.670. The van der Waals surface area contributed by atoms with Crippen LogP contribution in [0.2, 0.25) is 10.0 Å². The zero-order chi connectivity index (χ0) is 27.2. The van der Waals surface area contributed by atoms with Crippen molar-refractivity contribution in [2.24, 2.45) is 0 Å². The second kappa shape index (κ2) is 12.4. The van der Waals surface area contributed by atoms with E-state index in [1.807, 2.05) is 30.3 Å². The van der Waals surface area contributed by atoms with Crippen LogP contribution in [0.1, 0.15) is 11.1 Å². The number of anilines is 1. The second-order valence-corrected chi connectivity index (χ2v) is 11.1. The van der Waals surface area contributed by atoms with Gasteiger partial charge in [-0.3, -0.25) is 13.9 Å². The van der Waals surface area contributed by atoms with Crippen molar-refractivity contribution < 1.29 is 22.4 Å². The summed E-state index contributed by atoms with van der Waals surface area (Å²) in [6, 6.07) is 17.9. The largest absolute Gasteiger partial charge is 0.357 e. The van der Waals surface area contributed by atoms with Crippen LogP contribution in [0.15, 0.2) is 72.8 Å². The Balaban J connectivity index is 2.03. The van der Waals surface area contributed by atoms with Crippen molar-refractivity contribution in [3.63, 3.8) is 0 Å². The lowest BCUT2D eigenvalue weighted by atomic mass is 10.0. The Hall–Kier alpha value is -3.14. The number of rotatable bonds is 10. The molecule has 11 heteroatoms. The second-order valence-electron chi connectivity index (χ2n) is 8.37. The standard InChI is InChI=1S/C26H26Cl2FN3O4S/c1-30-26(34)24(12-18-6-4-3-5-7-18)31(16-19-8-10-22(29)11-9-19)25(33)17-32(37(2,35)36)23-14-20(27)13-21(28)15-23/h3-11,13-15,24H,12,16-17H2,1-2H3,(H,30,34)/t24-/m1/s1. The smallest absolute Gasteiger partial charge is 0.244 e. The van der Waals surface area contributed by atoms with Crippen LogP contribution in [0.25, 0.3) is 0 Å². The SMILES string of the molecule is CNC(=O)[C@@H](Cc1ccccc1)N(Cc1ccc(F)cc1)C(=O)CN(c1cc(Cl)cc(Cl)c1)S(C)(=O)=O. The monoisotopic (exact) mass is 565 g/mol. The van der Waals surface area contributed by atoms with Gasteiger partial charge in [0.2, 0.25) is 21.8 Å². The van der Waals surface area contributed by atoms with Crippen LogP contribution in [0.5, 0.6) is 0 Å². The Labute approximate surface area is 225 Å². The highest BCUT2D eigenvalue weighted by molar-refractivity contribution is 7.92. The van der Waals surface area contributed by atoms with Crippen molar-refractivity contribution in [3.05, 3.63) is 99.8 Å². The van der Waals surface area contributed by atoms with E-state index in [0.717, 1.165) is 16.1 Å². The van der Waals surface area contributed by atoms with Gasteiger partial charge in [0.25, 0.3) is 0 Å². The molecule has 0 bridgehead atoms. The van der Waals surface area contributed by atoms with Crippen molar-refractivity contribution >= 4 is 50.7 Å². The molecule has 0 unspecified atom stereocenters. The molecule has 0 fully saturated rings. The number of nitrogens with one attached hydrogen (secondary N) is 1. The van der Waals surface area contributed by atoms with Gasteiger partial charge in [-0.15, -0.1) is 0 Å². The number of hydrogen-bond donors (Lipinski definition) is 1. The Morgan fingerprint density at radius 1 is 0.946 bits per heavy atom. The normalized spacial score (nSPS) is 12.0. The predicted molar refractivity (Wildman–Crippen MR) is 144 cm³/mol. The van der Waals surface area contributed by atoms with Gasteiger partial charge in [-0.1, -0.05) is 65.7 Å². The number of halogens is 3. The van der Waals surface area contributed by atoms with Crippen molar-refractivity contribution in [3.8, 4) is 0 Å². The van der Waals surface area contributed by atoms with Crippen LogP contribution in [0, 0.1) is 5.82 Å². The summed E-state index contributed by atoms with van der Waals surface area (Å²) in [5.41, 5.74) is 1.47. The van der Waals surface area contributed by atoms with Crippen LogP contribution in [0.4, 0.5) is 10.1 Å². The van der Waals surface area contributed by atoms with Gasteiger partial charge in [0.1, 0.15) is 18.4 Å². The number of carbonyl (C=O) groups excluding carboxylic acids is 2. The molecule has 37 heavy (non-hydrogen) atoms. The number of hydrogen-bond acceptors (Lipinski definition) is 4.